The van der Waals surface area contributed by atoms with Crippen molar-refractivity contribution in [1.82, 2.24) is 0 Å². The molecule has 0 fully saturated rings. The zero-order valence-electron chi connectivity index (χ0n) is 10.8. The van der Waals surface area contributed by atoms with E-state index in [0.717, 1.165) is 22.1 Å². The van der Waals surface area contributed by atoms with Crippen LogP contribution in [0.1, 0.15) is 5.56 Å². The van der Waals surface area contributed by atoms with Crippen molar-refractivity contribution in [2.45, 2.75) is 10.6 Å². The lowest BCUT2D eigenvalue weighted by Gasteiger charge is -2.03. The van der Waals surface area contributed by atoms with Gasteiger partial charge in [0.2, 0.25) is 0 Å². The molecule has 0 spiro atoms. The van der Waals surface area contributed by atoms with E-state index < -0.39 is 10.8 Å². The van der Waals surface area contributed by atoms with Crippen LogP contribution in [-0.4, -0.2) is 15.7 Å². The number of hydrogen-bond donors (Lipinski definition) is 0. The van der Waals surface area contributed by atoms with E-state index in [-0.39, 0.29) is 0 Å². The fraction of sp³-hybridized carbons (Fsp3) is 0.200. The first-order chi connectivity index (χ1) is 9.74. The Bertz CT molecular complexity index is 543. The van der Waals surface area contributed by atoms with Gasteiger partial charge in [0.05, 0.1) is 0 Å². The van der Waals surface area contributed by atoms with E-state index in [1.807, 2.05) is 54.6 Å². The lowest BCUT2D eigenvalue weighted by molar-refractivity contribution is 0.683. The van der Waals surface area contributed by atoms with Crippen molar-refractivity contribution in [2.75, 3.05) is 11.5 Å². The quantitative estimate of drug-likeness (QED) is 0.519. The summed E-state index contributed by atoms with van der Waals surface area (Å²) in [5.41, 5.74) is 1.14. The first-order valence-electron chi connectivity index (χ1n) is 6.18. The van der Waals surface area contributed by atoms with E-state index in [2.05, 4.69) is 0 Å². The SMILES string of the molecule is O=S(CCSSc1ccc(Cl)cc1)Cc1ccccc1. The summed E-state index contributed by atoms with van der Waals surface area (Å²) in [7, 11) is 2.64. The standard InChI is InChI=1S/C15H15ClOS3/c16-14-6-8-15(9-7-14)19-18-10-11-20(17)12-13-4-2-1-3-5-13/h1-9H,10-12H2. The van der Waals surface area contributed by atoms with E-state index in [4.69, 9.17) is 11.6 Å². The lowest BCUT2D eigenvalue weighted by atomic mass is 10.2. The Hall–Kier alpha value is -0.420. The number of rotatable bonds is 7. The average molecular weight is 343 g/mol. The Labute approximate surface area is 135 Å². The smallest absolute Gasteiger partial charge is 0.0485 e. The third kappa shape index (κ3) is 5.92. The van der Waals surface area contributed by atoms with Gasteiger partial charge in [0.25, 0.3) is 0 Å². The third-order valence-corrected chi connectivity index (χ3v) is 6.74. The topological polar surface area (TPSA) is 17.1 Å². The van der Waals surface area contributed by atoms with Crippen molar-refractivity contribution in [3.05, 3.63) is 65.2 Å². The molecule has 1 atom stereocenters. The predicted octanol–water partition coefficient (Wildman–Crippen LogP) is 5.03. The molecular formula is C15H15ClOS3. The molecular weight excluding hydrogens is 328 g/mol. The molecule has 0 aliphatic carbocycles. The normalized spacial score (nSPS) is 12.2. The van der Waals surface area contributed by atoms with Crippen LogP contribution >= 0.6 is 33.2 Å². The summed E-state index contributed by atoms with van der Waals surface area (Å²) in [4.78, 5) is 1.17. The molecule has 0 aliphatic heterocycles. The van der Waals surface area contributed by atoms with Gasteiger partial charge >= 0.3 is 0 Å². The Morgan fingerprint density at radius 3 is 2.40 bits per heavy atom. The summed E-state index contributed by atoms with van der Waals surface area (Å²) in [5.74, 6) is 2.25. The molecule has 2 rings (SSSR count). The van der Waals surface area contributed by atoms with E-state index in [1.165, 1.54) is 4.90 Å². The van der Waals surface area contributed by atoms with Gasteiger partial charge in [-0.05, 0) is 29.8 Å². The summed E-state index contributed by atoms with van der Waals surface area (Å²) in [6.45, 7) is 0. The van der Waals surface area contributed by atoms with E-state index in [1.54, 1.807) is 21.6 Å². The number of halogens is 1. The van der Waals surface area contributed by atoms with Crippen molar-refractivity contribution < 1.29 is 4.21 Å². The second-order valence-corrected chi connectivity index (χ2v) is 8.64. The largest absolute Gasteiger partial charge is 0.259 e. The highest BCUT2D eigenvalue weighted by atomic mass is 35.5. The van der Waals surface area contributed by atoms with Crippen LogP contribution in [0.4, 0.5) is 0 Å². The molecule has 20 heavy (non-hydrogen) atoms. The molecule has 0 saturated heterocycles. The van der Waals surface area contributed by atoms with Gasteiger partial charge in [0.1, 0.15) is 0 Å². The van der Waals surface area contributed by atoms with Crippen molar-refractivity contribution in [1.29, 1.82) is 0 Å². The van der Waals surface area contributed by atoms with E-state index in [9.17, 15) is 4.21 Å². The number of hydrogen-bond acceptors (Lipinski definition) is 3. The molecule has 0 heterocycles. The van der Waals surface area contributed by atoms with Crippen molar-refractivity contribution in [2.24, 2.45) is 0 Å². The molecule has 2 aromatic carbocycles. The maximum absolute atomic E-state index is 11.9. The van der Waals surface area contributed by atoms with Gasteiger partial charge in [-0.15, -0.1) is 0 Å². The maximum atomic E-state index is 11.9. The molecule has 0 N–H and O–H groups in total. The summed E-state index contributed by atoms with van der Waals surface area (Å²) in [6.07, 6.45) is 0. The van der Waals surface area contributed by atoms with E-state index >= 15 is 0 Å². The zero-order valence-corrected chi connectivity index (χ0v) is 14.0. The van der Waals surface area contributed by atoms with Crippen molar-refractivity contribution >= 4 is 44.0 Å². The molecule has 0 amide bonds. The van der Waals surface area contributed by atoms with Crippen LogP contribution in [0.15, 0.2) is 59.5 Å². The molecule has 2 aromatic rings. The maximum Gasteiger partial charge on any atom is 0.0485 e. The molecule has 5 heteroatoms. The van der Waals surface area contributed by atoms with Crippen LogP contribution < -0.4 is 0 Å². The van der Waals surface area contributed by atoms with Crippen LogP contribution in [0, 0.1) is 0 Å². The van der Waals surface area contributed by atoms with Gasteiger partial charge < -0.3 is 0 Å². The van der Waals surface area contributed by atoms with Gasteiger partial charge in [-0.1, -0.05) is 63.5 Å². The molecule has 1 unspecified atom stereocenters. The third-order valence-electron chi connectivity index (χ3n) is 2.53. The fourth-order valence-electron chi connectivity index (χ4n) is 1.56. The minimum atomic E-state index is -0.788. The van der Waals surface area contributed by atoms with Crippen molar-refractivity contribution in [3.63, 3.8) is 0 Å². The predicted molar refractivity (Wildman–Crippen MR) is 92.9 cm³/mol. The lowest BCUT2D eigenvalue weighted by Crippen LogP contribution is -2.02. The van der Waals surface area contributed by atoms with Crippen LogP contribution in [0.3, 0.4) is 0 Å². The molecule has 0 radical (unpaired) electrons. The van der Waals surface area contributed by atoms with Crippen LogP contribution in [0.2, 0.25) is 5.02 Å². The molecule has 0 saturated carbocycles. The van der Waals surface area contributed by atoms with Gasteiger partial charge in [-0.25, -0.2) is 0 Å². The average Bonchev–Trinajstić information content (AvgIpc) is 2.46. The molecule has 1 nitrogen and oxygen atoms in total. The fourth-order valence-corrected chi connectivity index (χ4v) is 5.48. The van der Waals surface area contributed by atoms with Crippen LogP contribution in [-0.2, 0) is 16.6 Å². The minimum Gasteiger partial charge on any atom is -0.259 e. The molecule has 0 aromatic heterocycles. The van der Waals surface area contributed by atoms with Crippen LogP contribution in [0.5, 0.6) is 0 Å². The highest BCUT2D eigenvalue weighted by Gasteiger charge is 2.02. The minimum absolute atomic E-state index is 0.646. The summed E-state index contributed by atoms with van der Waals surface area (Å²) in [5, 5.41) is 0.753. The highest BCUT2D eigenvalue weighted by Crippen LogP contribution is 2.31. The number of benzene rings is 2. The zero-order chi connectivity index (χ0) is 14.2. The summed E-state index contributed by atoms with van der Waals surface area (Å²) >= 11 is 5.84. The second kappa shape index (κ2) is 8.78. The molecule has 106 valence electrons. The summed E-state index contributed by atoms with van der Waals surface area (Å²) in [6, 6.07) is 17.8. The van der Waals surface area contributed by atoms with Gasteiger partial charge in [-0.3, -0.25) is 4.21 Å². The Kier molecular flexibility index (Phi) is 7.00. The molecule has 0 bridgehead atoms. The van der Waals surface area contributed by atoms with Crippen LogP contribution in [0.25, 0.3) is 0 Å². The summed E-state index contributed by atoms with van der Waals surface area (Å²) < 4.78 is 11.9. The van der Waals surface area contributed by atoms with Crippen molar-refractivity contribution in [3.8, 4) is 0 Å². The first-order valence-corrected chi connectivity index (χ1v) is 10.4. The van der Waals surface area contributed by atoms with Gasteiger partial charge in [-0.2, -0.15) is 0 Å². The highest BCUT2D eigenvalue weighted by molar-refractivity contribution is 8.76. The molecule has 0 aliphatic rings. The Morgan fingerprint density at radius 2 is 1.70 bits per heavy atom. The Balaban J connectivity index is 1.66. The van der Waals surface area contributed by atoms with E-state index in [0.29, 0.717) is 5.75 Å². The Morgan fingerprint density at radius 1 is 1.00 bits per heavy atom. The van der Waals surface area contributed by atoms with Gasteiger partial charge in [0.15, 0.2) is 0 Å². The second-order valence-electron chi connectivity index (χ2n) is 4.13. The first kappa shape index (κ1) is 16.0. The van der Waals surface area contributed by atoms with Gasteiger partial charge in [0, 0.05) is 38.0 Å². The monoisotopic (exact) mass is 342 g/mol.